The molecule has 1 fully saturated rings. The molecule has 3 atom stereocenters. The topological polar surface area (TPSA) is 32.3 Å². The first-order chi connectivity index (χ1) is 8.40. The van der Waals surface area contributed by atoms with Crippen molar-refractivity contribution in [1.29, 1.82) is 0 Å². The molecule has 2 aliphatic rings. The van der Waals surface area contributed by atoms with Crippen molar-refractivity contribution in [2.24, 2.45) is 5.41 Å². The van der Waals surface area contributed by atoms with E-state index in [0.717, 1.165) is 12.0 Å². The van der Waals surface area contributed by atoms with Crippen LogP contribution in [0, 0.1) is 12.3 Å². The number of benzene rings is 1. The predicted molar refractivity (Wildman–Crippen MR) is 73.9 cm³/mol. The first-order valence-corrected chi connectivity index (χ1v) is 6.98. The van der Waals surface area contributed by atoms with Crippen LogP contribution in [0.5, 0.6) is 5.75 Å². The van der Waals surface area contributed by atoms with Gasteiger partial charge in [0.05, 0.1) is 0 Å². The second-order valence-electron chi connectivity index (χ2n) is 6.83. The standard InChI is InChI=1S/C16H23NO/c1-9-5-6-12(18)15-11(7-10(2)14(9)15)17-13-8-16(13,3)4/h5-6,10-11,13,17-18H,7-8H2,1-4H3. The summed E-state index contributed by atoms with van der Waals surface area (Å²) in [6, 6.07) is 4.83. The molecule has 0 aromatic heterocycles. The first-order valence-electron chi connectivity index (χ1n) is 6.98. The Bertz CT molecular complexity index is 492. The highest BCUT2D eigenvalue weighted by Gasteiger charge is 2.47. The quantitative estimate of drug-likeness (QED) is 0.833. The van der Waals surface area contributed by atoms with Crippen LogP contribution < -0.4 is 5.32 Å². The van der Waals surface area contributed by atoms with Crippen molar-refractivity contribution < 1.29 is 5.11 Å². The van der Waals surface area contributed by atoms with Crippen LogP contribution in [0.3, 0.4) is 0 Å². The molecule has 0 bridgehead atoms. The fourth-order valence-electron chi connectivity index (χ4n) is 3.49. The summed E-state index contributed by atoms with van der Waals surface area (Å²) in [4.78, 5) is 0. The Morgan fingerprint density at radius 1 is 1.28 bits per heavy atom. The van der Waals surface area contributed by atoms with Crippen LogP contribution in [-0.4, -0.2) is 11.1 Å². The van der Waals surface area contributed by atoms with Crippen molar-refractivity contribution in [2.45, 2.75) is 58.5 Å². The lowest BCUT2D eigenvalue weighted by Crippen LogP contribution is -2.24. The number of phenolic OH excluding ortho intramolecular Hbond substituents is 1. The van der Waals surface area contributed by atoms with Gasteiger partial charge in [-0.05, 0) is 48.3 Å². The zero-order valence-electron chi connectivity index (χ0n) is 11.7. The van der Waals surface area contributed by atoms with Crippen LogP contribution >= 0.6 is 0 Å². The van der Waals surface area contributed by atoms with E-state index in [1.807, 2.05) is 12.1 Å². The highest BCUT2D eigenvalue weighted by molar-refractivity contribution is 5.51. The third kappa shape index (κ3) is 1.74. The Labute approximate surface area is 109 Å². The largest absolute Gasteiger partial charge is 0.508 e. The van der Waals surface area contributed by atoms with Crippen molar-refractivity contribution in [3.8, 4) is 5.75 Å². The molecular formula is C16H23NO. The Kier molecular flexibility index (Phi) is 2.50. The number of hydrogen-bond donors (Lipinski definition) is 2. The molecule has 1 saturated carbocycles. The van der Waals surface area contributed by atoms with Crippen molar-refractivity contribution in [2.75, 3.05) is 0 Å². The molecule has 98 valence electrons. The second-order valence-corrected chi connectivity index (χ2v) is 6.83. The highest BCUT2D eigenvalue weighted by atomic mass is 16.3. The van der Waals surface area contributed by atoms with Gasteiger partial charge in [0.2, 0.25) is 0 Å². The van der Waals surface area contributed by atoms with E-state index in [1.54, 1.807) is 0 Å². The van der Waals surface area contributed by atoms with E-state index < -0.39 is 0 Å². The van der Waals surface area contributed by atoms with Gasteiger partial charge in [-0.15, -0.1) is 0 Å². The number of aryl methyl sites for hydroxylation is 1. The van der Waals surface area contributed by atoms with Crippen molar-refractivity contribution >= 4 is 0 Å². The molecule has 0 amide bonds. The van der Waals surface area contributed by atoms with Gasteiger partial charge in [0.25, 0.3) is 0 Å². The van der Waals surface area contributed by atoms with Crippen molar-refractivity contribution in [3.05, 3.63) is 28.8 Å². The van der Waals surface area contributed by atoms with Gasteiger partial charge in [0.1, 0.15) is 5.75 Å². The lowest BCUT2D eigenvalue weighted by atomic mass is 9.97. The summed E-state index contributed by atoms with van der Waals surface area (Å²) in [7, 11) is 0. The van der Waals surface area contributed by atoms with E-state index in [2.05, 4.69) is 33.0 Å². The van der Waals surface area contributed by atoms with Crippen molar-refractivity contribution in [1.82, 2.24) is 5.32 Å². The summed E-state index contributed by atoms with van der Waals surface area (Å²) in [5, 5.41) is 13.9. The van der Waals surface area contributed by atoms with Gasteiger partial charge >= 0.3 is 0 Å². The lowest BCUT2D eigenvalue weighted by Gasteiger charge is -2.17. The Hall–Kier alpha value is -1.02. The molecule has 2 heteroatoms. The average molecular weight is 245 g/mol. The van der Waals surface area contributed by atoms with Crippen LogP contribution in [-0.2, 0) is 0 Å². The van der Waals surface area contributed by atoms with Crippen LogP contribution in [0.15, 0.2) is 12.1 Å². The summed E-state index contributed by atoms with van der Waals surface area (Å²) in [6.45, 7) is 9.03. The molecule has 18 heavy (non-hydrogen) atoms. The number of nitrogens with one attached hydrogen (secondary N) is 1. The third-order valence-electron chi connectivity index (χ3n) is 4.83. The van der Waals surface area contributed by atoms with E-state index in [0.29, 0.717) is 29.2 Å². The number of aromatic hydroxyl groups is 1. The molecule has 2 nitrogen and oxygen atoms in total. The first kappa shape index (κ1) is 12.0. The maximum absolute atomic E-state index is 10.2. The van der Waals surface area contributed by atoms with Gasteiger partial charge in [0.15, 0.2) is 0 Å². The van der Waals surface area contributed by atoms with E-state index in [9.17, 15) is 5.11 Å². The van der Waals surface area contributed by atoms with Gasteiger partial charge in [-0.2, -0.15) is 0 Å². The monoisotopic (exact) mass is 245 g/mol. The lowest BCUT2D eigenvalue weighted by molar-refractivity contribution is 0.427. The highest BCUT2D eigenvalue weighted by Crippen LogP contribution is 2.50. The molecule has 1 aromatic rings. The van der Waals surface area contributed by atoms with E-state index in [-0.39, 0.29) is 0 Å². The van der Waals surface area contributed by atoms with E-state index in [1.165, 1.54) is 17.5 Å². The molecular weight excluding hydrogens is 222 g/mol. The van der Waals surface area contributed by atoms with Crippen LogP contribution in [0.1, 0.15) is 62.3 Å². The number of hydrogen-bond acceptors (Lipinski definition) is 2. The van der Waals surface area contributed by atoms with Gasteiger partial charge < -0.3 is 10.4 Å². The molecule has 3 rings (SSSR count). The van der Waals surface area contributed by atoms with Crippen LogP contribution in [0.2, 0.25) is 0 Å². The van der Waals surface area contributed by atoms with Crippen LogP contribution in [0.4, 0.5) is 0 Å². The minimum absolute atomic E-state index is 0.335. The molecule has 0 spiro atoms. The molecule has 0 aliphatic heterocycles. The van der Waals surface area contributed by atoms with Gasteiger partial charge in [0, 0.05) is 17.6 Å². The summed E-state index contributed by atoms with van der Waals surface area (Å²) in [6.07, 6.45) is 2.36. The average Bonchev–Trinajstić information content (AvgIpc) is 2.72. The van der Waals surface area contributed by atoms with E-state index >= 15 is 0 Å². The zero-order chi connectivity index (χ0) is 13.1. The predicted octanol–water partition coefficient (Wildman–Crippen LogP) is 3.64. The molecule has 2 N–H and O–H groups in total. The van der Waals surface area contributed by atoms with Crippen molar-refractivity contribution in [3.63, 3.8) is 0 Å². The number of fused-ring (bicyclic) bond motifs is 1. The molecule has 1 aromatic carbocycles. The molecule has 0 heterocycles. The maximum Gasteiger partial charge on any atom is 0.120 e. The Morgan fingerprint density at radius 3 is 2.56 bits per heavy atom. The molecule has 3 unspecified atom stereocenters. The fourth-order valence-corrected chi connectivity index (χ4v) is 3.49. The maximum atomic E-state index is 10.2. The SMILES string of the molecule is Cc1ccc(O)c2c1C(C)CC2NC1CC1(C)C. The second kappa shape index (κ2) is 3.74. The molecule has 2 aliphatic carbocycles. The van der Waals surface area contributed by atoms with E-state index in [4.69, 9.17) is 0 Å². The zero-order valence-corrected chi connectivity index (χ0v) is 11.7. The normalized spacial score (nSPS) is 32.3. The number of phenols is 1. The summed E-state index contributed by atoms with van der Waals surface area (Å²) >= 11 is 0. The number of rotatable bonds is 2. The van der Waals surface area contributed by atoms with Crippen LogP contribution in [0.25, 0.3) is 0 Å². The minimum atomic E-state index is 0.335. The van der Waals surface area contributed by atoms with Gasteiger partial charge in [-0.1, -0.05) is 26.8 Å². The smallest absolute Gasteiger partial charge is 0.120 e. The Balaban J connectivity index is 1.91. The summed E-state index contributed by atoms with van der Waals surface area (Å²) in [5.74, 6) is 1.02. The third-order valence-corrected chi connectivity index (χ3v) is 4.83. The molecule has 0 saturated heterocycles. The van der Waals surface area contributed by atoms with Gasteiger partial charge in [-0.25, -0.2) is 0 Å². The summed E-state index contributed by atoms with van der Waals surface area (Å²) in [5.41, 5.74) is 4.27. The molecule has 0 radical (unpaired) electrons. The van der Waals surface area contributed by atoms with Gasteiger partial charge in [-0.3, -0.25) is 0 Å². The fraction of sp³-hybridized carbons (Fsp3) is 0.625. The summed E-state index contributed by atoms with van der Waals surface area (Å²) < 4.78 is 0. The minimum Gasteiger partial charge on any atom is -0.508 e. The Morgan fingerprint density at radius 2 is 1.94 bits per heavy atom.